The average Bonchev–Trinajstić information content (AvgIpc) is 3.01. The summed E-state index contributed by atoms with van der Waals surface area (Å²) >= 11 is 0. The van der Waals surface area contributed by atoms with Crippen LogP contribution in [-0.4, -0.2) is 27.7 Å². The number of allylic oxidation sites excluding steroid dienone is 2. The lowest BCUT2D eigenvalue weighted by molar-refractivity contribution is 0.0695. The van der Waals surface area contributed by atoms with Gasteiger partial charge in [-0.3, -0.25) is 4.79 Å². The Morgan fingerprint density at radius 2 is 2.04 bits per heavy atom. The first-order chi connectivity index (χ1) is 13.5. The summed E-state index contributed by atoms with van der Waals surface area (Å²) < 4.78 is 16.8. The van der Waals surface area contributed by atoms with E-state index in [-0.39, 0.29) is 10.9 Å². The number of hydrogen-bond acceptors (Lipinski definition) is 3. The summed E-state index contributed by atoms with van der Waals surface area (Å²) in [6.07, 6.45) is 8.44. The van der Waals surface area contributed by atoms with Crippen LogP contribution < -0.4 is 10.3 Å². The van der Waals surface area contributed by atoms with Crippen molar-refractivity contribution >= 4 is 22.6 Å². The standard InChI is InChI=1S/C22H21FN2O3/c1-2-24-9-15(22(27)28)21(26)14-7-16(23)18(8-17(14)24)25-19-12-6-13(20(19)25)11-5-3-4-10(11)12/h3-4,7-13,19-20H,2,5-6H2,1H3,(H,27,28)/t10?,11?,12-,13+,19?,20?,25?/m1/s1. The number of rotatable bonds is 3. The molecule has 1 aromatic carbocycles. The van der Waals surface area contributed by atoms with E-state index in [9.17, 15) is 14.7 Å². The van der Waals surface area contributed by atoms with Crippen molar-refractivity contribution < 1.29 is 14.3 Å². The van der Waals surface area contributed by atoms with E-state index in [2.05, 4.69) is 17.1 Å². The minimum atomic E-state index is -1.28. The number of carboxylic acids is 1. The third-order valence-electron chi connectivity index (χ3n) is 7.63. The maximum Gasteiger partial charge on any atom is 0.341 e. The summed E-state index contributed by atoms with van der Waals surface area (Å²) in [4.78, 5) is 26.2. The topological polar surface area (TPSA) is 62.3 Å². The van der Waals surface area contributed by atoms with Gasteiger partial charge in [0, 0.05) is 18.1 Å². The Hall–Kier alpha value is -2.63. The highest BCUT2D eigenvalue weighted by atomic mass is 19.1. The van der Waals surface area contributed by atoms with E-state index in [0.717, 1.165) is 6.42 Å². The number of halogens is 1. The number of pyridine rings is 1. The molecule has 1 aromatic heterocycles. The lowest BCUT2D eigenvalue weighted by Crippen LogP contribution is -2.23. The molecule has 5 nitrogen and oxygen atoms in total. The maximum atomic E-state index is 15.1. The van der Waals surface area contributed by atoms with Crippen molar-refractivity contribution in [1.82, 2.24) is 4.57 Å². The molecule has 1 saturated heterocycles. The molecule has 3 fully saturated rings. The van der Waals surface area contributed by atoms with E-state index in [4.69, 9.17) is 0 Å². The number of anilines is 1. The number of carboxylic acid groups (broad SMARTS) is 1. The van der Waals surface area contributed by atoms with E-state index in [0.29, 0.717) is 53.5 Å². The van der Waals surface area contributed by atoms with Crippen molar-refractivity contribution in [3.8, 4) is 0 Å². The summed E-state index contributed by atoms with van der Waals surface area (Å²) in [6, 6.07) is 3.81. The summed E-state index contributed by atoms with van der Waals surface area (Å²) in [5, 5.41) is 9.44. The zero-order valence-corrected chi connectivity index (χ0v) is 15.5. The summed E-state index contributed by atoms with van der Waals surface area (Å²) in [5.41, 5.74) is 0.225. The van der Waals surface area contributed by atoms with Crippen molar-refractivity contribution in [3.05, 3.63) is 52.1 Å². The van der Waals surface area contributed by atoms with Crippen molar-refractivity contribution in [2.45, 2.75) is 38.4 Å². The van der Waals surface area contributed by atoms with E-state index < -0.39 is 17.2 Å². The predicted molar refractivity (Wildman–Crippen MR) is 103 cm³/mol. The zero-order valence-electron chi connectivity index (χ0n) is 15.5. The highest BCUT2D eigenvalue weighted by Gasteiger charge is 2.70. The van der Waals surface area contributed by atoms with Crippen molar-refractivity contribution in [3.63, 3.8) is 0 Å². The number of hydrogen-bond donors (Lipinski definition) is 1. The molecule has 4 aliphatic rings. The second-order valence-corrected chi connectivity index (χ2v) is 8.64. The van der Waals surface area contributed by atoms with E-state index >= 15 is 4.39 Å². The van der Waals surface area contributed by atoms with Crippen LogP contribution in [0.15, 0.2) is 35.3 Å². The monoisotopic (exact) mass is 380 g/mol. The summed E-state index contributed by atoms with van der Waals surface area (Å²) in [5.74, 6) is 0.891. The largest absolute Gasteiger partial charge is 0.477 e. The molecule has 144 valence electrons. The molecule has 0 radical (unpaired) electrons. The van der Waals surface area contributed by atoms with Gasteiger partial charge in [-0.1, -0.05) is 12.2 Å². The number of fused-ring (bicyclic) bond motifs is 9. The number of benzene rings is 1. The number of aryl methyl sites for hydroxylation is 1. The fourth-order valence-electron chi connectivity index (χ4n) is 6.54. The third-order valence-corrected chi connectivity index (χ3v) is 7.63. The van der Waals surface area contributed by atoms with Crippen LogP contribution in [-0.2, 0) is 6.54 Å². The van der Waals surface area contributed by atoms with Gasteiger partial charge < -0.3 is 14.6 Å². The first-order valence-corrected chi connectivity index (χ1v) is 10.1. The molecule has 2 heterocycles. The van der Waals surface area contributed by atoms with Gasteiger partial charge in [0.1, 0.15) is 11.4 Å². The first-order valence-electron chi connectivity index (χ1n) is 10.1. The van der Waals surface area contributed by atoms with Crippen LogP contribution in [0.3, 0.4) is 0 Å². The molecule has 1 N–H and O–H groups in total. The maximum absolute atomic E-state index is 15.1. The molecule has 6 heteroatoms. The number of piperidine rings is 1. The Morgan fingerprint density at radius 3 is 2.79 bits per heavy atom. The second-order valence-electron chi connectivity index (χ2n) is 8.64. The van der Waals surface area contributed by atoms with Gasteiger partial charge in [-0.05, 0) is 55.6 Å². The normalized spacial score (nSPS) is 34.1. The molecule has 0 amide bonds. The zero-order chi connectivity index (χ0) is 19.3. The minimum Gasteiger partial charge on any atom is -0.477 e. The van der Waals surface area contributed by atoms with Crippen molar-refractivity contribution in [1.29, 1.82) is 0 Å². The van der Waals surface area contributed by atoms with Crippen LogP contribution in [0.5, 0.6) is 0 Å². The van der Waals surface area contributed by atoms with Gasteiger partial charge in [-0.2, -0.15) is 0 Å². The van der Waals surface area contributed by atoms with E-state index in [1.807, 2.05) is 6.92 Å². The number of carbonyl (C=O) groups is 1. The molecule has 6 rings (SSSR count). The molecule has 28 heavy (non-hydrogen) atoms. The second kappa shape index (κ2) is 5.25. The lowest BCUT2D eigenvalue weighted by Gasteiger charge is -2.21. The molecular weight excluding hydrogens is 359 g/mol. The molecule has 2 saturated carbocycles. The molecule has 4 unspecified atom stereocenters. The Labute approximate surface area is 161 Å². The highest BCUT2D eigenvalue weighted by molar-refractivity contribution is 5.93. The molecule has 2 bridgehead atoms. The number of aromatic carboxylic acids is 1. The van der Waals surface area contributed by atoms with E-state index in [1.54, 1.807) is 10.6 Å². The van der Waals surface area contributed by atoms with Gasteiger partial charge in [-0.15, -0.1) is 0 Å². The van der Waals surface area contributed by atoms with Gasteiger partial charge in [0.15, 0.2) is 0 Å². The van der Waals surface area contributed by atoms with Gasteiger partial charge >= 0.3 is 5.97 Å². The SMILES string of the molecule is CCn1cc(C(=O)O)c(=O)c2cc(F)c(N3C4C3[C@H]3C[C@@H]4C4C=CCC43)cc21. The van der Waals surface area contributed by atoms with Gasteiger partial charge in [0.2, 0.25) is 5.43 Å². The average molecular weight is 380 g/mol. The quantitative estimate of drug-likeness (QED) is 0.656. The Morgan fingerprint density at radius 1 is 1.25 bits per heavy atom. The predicted octanol–water partition coefficient (Wildman–Crippen LogP) is 3.26. The van der Waals surface area contributed by atoms with Crippen LogP contribution >= 0.6 is 0 Å². The molecule has 0 spiro atoms. The van der Waals surface area contributed by atoms with Gasteiger partial charge in [0.05, 0.1) is 23.3 Å². The molecule has 6 atom stereocenters. The van der Waals surface area contributed by atoms with E-state index in [1.165, 1.54) is 18.7 Å². The van der Waals surface area contributed by atoms with Gasteiger partial charge in [0.25, 0.3) is 0 Å². The minimum absolute atomic E-state index is 0.137. The fourth-order valence-corrected chi connectivity index (χ4v) is 6.54. The van der Waals surface area contributed by atoms with Crippen LogP contribution in [0.2, 0.25) is 0 Å². The summed E-state index contributed by atoms with van der Waals surface area (Å²) in [7, 11) is 0. The highest BCUT2D eigenvalue weighted by Crippen LogP contribution is 2.66. The van der Waals surface area contributed by atoms with Crippen LogP contribution in [0, 0.1) is 29.5 Å². The Bertz CT molecular complexity index is 1140. The van der Waals surface area contributed by atoms with Crippen LogP contribution in [0.1, 0.15) is 30.1 Å². The van der Waals surface area contributed by atoms with Crippen LogP contribution in [0.4, 0.5) is 10.1 Å². The Balaban J connectivity index is 1.47. The summed E-state index contributed by atoms with van der Waals surface area (Å²) in [6.45, 7) is 2.40. The molecule has 3 aliphatic carbocycles. The Kier molecular flexibility index (Phi) is 3.06. The van der Waals surface area contributed by atoms with Crippen LogP contribution in [0.25, 0.3) is 10.9 Å². The fraction of sp³-hybridized carbons (Fsp3) is 0.455. The first kappa shape index (κ1) is 16.3. The molecular formula is C22H21FN2O3. The lowest BCUT2D eigenvalue weighted by atomic mass is 9.82. The van der Waals surface area contributed by atoms with Crippen molar-refractivity contribution in [2.75, 3.05) is 4.90 Å². The molecule has 1 aliphatic heterocycles. The molecule has 2 aromatic rings. The number of nitrogens with zero attached hydrogens (tertiary/aromatic N) is 2. The smallest absolute Gasteiger partial charge is 0.341 e. The van der Waals surface area contributed by atoms with Crippen molar-refractivity contribution in [2.24, 2.45) is 23.7 Å². The number of aromatic nitrogens is 1. The van der Waals surface area contributed by atoms with Gasteiger partial charge in [-0.25, -0.2) is 9.18 Å². The third kappa shape index (κ3) is 1.86.